The van der Waals surface area contributed by atoms with Crippen molar-refractivity contribution < 1.29 is 32.0 Å². The Balaban J connectivity index is 3.12. The third-order valence-corrected chi connectivity index (χ3v) is 2.39. The highest BCUT2D eigenvalue weighted by Gasteiger charge is 2.58. The van der Waals surface area contributed by atoms with Crippen molar-refractivity contribution >= 4 is 21.6 Å². The van der Waals surface area contributed by atoms with E-state index in [0.717, 1.165) is 25.3 Å². The van der Waals surface area contributed by atoms with Crippen LogP contribution in [0.3, 0.4) is 0 Å². The number of non-ortho nitro benzene ring substituents is 1. The van der Waals surface area contributed by atoms with Crippen LogP contribution in [0.5, 0.6) is 11.5 Å². The fourth-order valence-electron chi connectivity index (χ4n) is 1.05. The first-order chi connectivity index (χ1) is 8.58. The zero-order valence-corrected chi connectivity index (χ0v) is 10.8. The van der Waals surface area contributed by atoms with Crippen molar-refractivity contribution in [2.45, 2.75) is 10.9 Å². The number of hydrogen-bond acceptors (Lipinski definition) is 4. The van der Waals surface area contributed by atoms with Gasteiger partial charge in [-0.3, -0.25) is 10.1 Å². The van der Waals surface area contributed by atoms with Crippen molar-refractivity contribution in [1.29, 1.82) is 0 Å². The predicted octanol–water partition coefficient (Wildman–Crippen LogP) is 3.56. The highest BCUT2D eigenvalue weighted by molar-refractivity contribution is 9.10. The molecule has 0 saturated heterocycles. The quantitative estimate of drug-likeness (QED) is 0.353. The highest BCUT2D eigenvalue weighted by atomic mass is 79.9. The normalized spacial score (nSPS) is 12.1. The first-order valence-corrected chi connectivity index (χ1v) is 5.34. The molecular formula is C9H6BrF4NO4. The largest absolute Gasteiger partial charge is 0.493 e. The van der Waals surface area contributed by atoms with E-state index in [1.54, 1.807) is 0 Å². The molecule has 0 saturated carbocycles. The Bertz CT molecular complexity index is 492. The van der Waals surface area contributed by atoms with Crippen molar-refractivity contribution in [2.24, 2.45) is 0 Å². The van der Waals surface area contributed by atoms with E-state index in [1.807, 2.05) is 0 Å². The second kappa shape index (κ2) is 5.19. The first kappa shape index (κ1) is 15.5. The number of nitro benzene ring substituents is 1. The van der Waals surface area contributed by atoms with Gasteiger partial charge in [0, 0.05) is 22.0 Å². The molecule has 1 rings (SSSR count). The molecule has 1 aromatic carbocycles. The molecule has 0 aliphatic carbocycles. The van der Waals surface area contributed by atoms with Gasteiger partial charge in [-0.25, -0.2) is 0 Å². The maximum atomic E-state index is 13.0. The number of methoxy groups -OCH3 is 1. The van der Waals surface area contributed by atoms with Gasteiger partial charge in [0.2, 0.25) is 0 Å². The monoisotopic (exact) mass is 347 g/mol. The number of rotatable bonds is 5. The van der Waals surface area contributed by atoms with Crippen LogP contribution in [0.4, 0.5) is 23.2 Å². The molecule has 0 atom stereocenters. The molecule has 0 heterocycles. The SMILES string of the molecule is COc1cc([N+](=O)[O-])ccc1OC(F)(F)C(F)(F)Br. The molecule has 0 fully saturated rings. The smallest absolute Gasteiger partial charge is 0.475 e. The van der Waals surface area contributed by atoms with E-state index in [-0.39, 0.29) is 0 Å². The van der Waals surface area contributed by atoms with Gasteiger partial charge in [-0.1, -0.05) is 0 Å². The van der Waals surface area contributed by atoms with E-state index in [9.17, 15) is 27.7 Å². The van der Waals surface area contributed by atoms with E-state index < -0.39 is 33.1 Å². The number of halogens is 5. The average molecular weight is 348 g/mol. The molecule has 0 aromatic heterocycles. The van der Waals surface area contributed by atoms with Crippen molar-refractivity contribution in [3.63, 3.8) is 0 Å². The summed E-state index contributed by atoms with van der Waals surface area (Å²) >= 11 is 1.48. The minimum Gasteiger partial charge on any atom is -0.493 e. The lowest BCUT2D eigenvalue weighted by molar-refractivity contribution is -0.385. The van der Waals surface area contributed by atoms with Crippen LogP contribution in [0.1, 0.15) is 0 Å². The average Bonchev–Trinajstić information content (AvgIpc) is 2.27. The van der Waals surface area contributed by atoms with E-state index in [2.05, 4.69) is 9.47 Å². The van der Waals surface area contributed by atoms with Crippen LogP contribution in [0.2, 0.25) is 0 Å². The Kier molecular flexibility index (Phi) is 4.23. The topological polar surface area (TPSA) is 61.6 Å². The summed E-state index contributed by atoms with van der Waals surface area (Å²) in [6.45, 7) is 0. The predicted molar refractivity (Wildman–Crippen MR) is 59.1 cm³/mol. The fraction of sp³-hybridized carbons (Fsp3) is 0.333. The zero-order chi connectivity index (χ0) is 14.8. The lowest BCUT2D eigenvalue weighted by Gasteiger charge is -2.22. The molecule has 1 aromatic rings. The molecule has 0 aliphatic rings. The van der Waals surface area contributed by atoms with Crippen molar-refractivity contribution in [3.8, 4) is 11.5 Å². The van der Waals surface area contributed by atoms with Crippen LogP contribution in [0.15, 0.2) is 18.2 Å². The van der Waals surface area contributed by atoms with Crippen molar-refractivity contribution in [1.82, 2.24) is 0 Å². The summed E-state index contributed by atoms with van der Waals surface area (Å²) in [4.78, 5) is 5.05. The fourth-order valence-corrected chi connectivity index (χ4v) is 1.13. The molecule has 0 aliphatic heterocycles. The Morgan fingerprint density at radius 2 is 1.84 bits per heavy atom. The van der Waals surface area contributed by atoms with Crippen LogP contribution in [0.25, 0.3) is 0 Å². The summed E-state index contributed by atoms with van der Waals surface area (Å²) in [5.41, 5.74) is -0.460. The lowest BCUT2D eigenvalue weighted by Crippen LogP contribution is -2.40. The van der Waals surface area contributed by atoms with E-state index >= 15 is 0 Å². The van der Waals surface area contributed by atoms with Gasteiger partial charge >= 0.3 is 10.9 Å². The van der Waals surface area contributed by atoms with Crippen molar-refractivity contribution in [2.75, 3.05) is 7.11 Å². The van der Waals surface area contributed by atoms with Crippen LogP contribution in [-0.2, 0) is 0 Å². The van der Waals surface area contributed by atoms with Crippen LogP contribution < -0.4 is 9.47 Å². The maximum absolute atomic E-state index is 13.0. The van der Waals surface area contributed by atoms with Crippen LogP contribution in [0, 0.1) is 10.1 Å². The molecular weight excluding hydrogens is 342 g/mol. The van der Waals surface area contributed by atoms with Gasteiger partial charge in [0.25, 0.3) is 5.69 Å². The summed E-state index contributed by atoms with van der Waals surface area (Å²) in [6, 6.07) is 2.34. The summed E-state index contributed by atoms with van der Waals surface area (Å²) in [7, 11) is 1.02. The number of hydrogen-bond donors (Lipinski definition) is 0. The minimum absolute atomic E-state index is 0.460. The summed E-state index contributed by atoms with van der Waals surface area (Å²) in [5, 5.41) is 10.5. The van der Waals surface area contributed by atoms with Gasteiger partial charge in [0.05, 0.1) is 18.1 Å². The lowest BCUT2D eigenvalue weighted by atomic mass is 10.3. The van der Waals surface area contributed by atoms with Gasteiger partial charge < -0.3 is 9.47 Å². The Morgan fingerprint density at radius 3 is 2.26 bits per heavy atom. The molecule has 0 radical (unpaired) electrons. The van der Waals surface area contributed by atoms with Gasteiger partial charge in [-0.15, -0.1) is 0 Å². The molecule has 19 heavy (non-hydrogen) atoms. The Hall–Kier alpha value is -1.58. The van der Waals surface area contributed by atoms with Crippen LogP contribution in [-0.4, -0.2) is 23.0 Å². The molecule has 0 bridgehead atoms. The van der Waals surface area contributed by atoms with Gasteiger partial charge in [0.15, 0.2) is 11.5 Å². The zero-order valence-electron chi connectivity index (χ0n) is 9.20. The first-order valence-electron chi connectivity index (χ1n) is 4.54. The molecule has 0 unspecified atom stereocenters. The third kappa shape index (κ3) is 3.46. The molecule has 0 amide bonds. The van der Waals surface area contributed by atoms with Crippen LogP contribution >= 0.6 is 15.9 Å². The number of nitrogens with zero attached hydrogens (tertiary/aromatic N) is 1. The molecule has 106 valence electrons. The number of nitro groups is 1. The number of ether oxygens (including phenoxy) is 2. The Morgan fingerprint density at radius 1 is 1.26 bits per heavy atom. The summed E-state index contributed by atoms with van der Waals surface area (Å²) < 4.78 is 59.4. The van der Waals surface area contributed by atoms with E-state index in [1.165, 1.54) is 15.9 Å². The second-order valence-electron chi connectivity index (χ2n) is 3.21. The van der Waals surface area contributed by atoms with Crippen molar-refractivity contribution in [3.05, 3.63) is 28.3 Å². The molecule has 10 heteroatoms. The summed E-state index contributed by atoms with van der Waals surface area (Å²) in [6.07, 6.45) is -4.85. The second-order valence-corrected chi connectivity index (χ2v) is 4.20. The molecule has 0 N–H and O–H groups in total. The number of benzene rings is 1. The highest BCUT2D eigenvalue weighted by Crippen LogP contribution is 2.43. The van der Waals surface area contributed by atoms with Gasteiger partial charge in [0.1, 0.15) is 0 Å². The standard InChI is InChI=1S/C9H6BrF4NO4/c1-18-7-4-5(15(16)17)2-3-6(7)19-9(13,14)8(10,11)12/h2-4H,1H3. The van der Waals surface area contributed by atoms with Gasteiger partial charge in [-0.05, 0) is 6.07 Å². The number of alkyl halides is 5. The molecule has 0 spiro atoms. The third-order valence-electron chi connectivity index (χ3n) is 1.93. The maximum Gasteiger partial charge on any atom is 0.475 e. The minimum atomic E-state index is -4.85. The van der Waals surface area contributed by atoms with Gasteiger partial charge in [-0.2, -0.15) is 17.6 Å². The summed E-state index contributed by atoms with van der Waals surface area (Å²) in [5.74, 6) is -1.22. The Labute approximate surface area is 112 Å². The van der Waals surface area contributed by atoms with E-state index in [0.29, 0.717) is 0 Å². The molecule has 5 nitrogen and oxygen atoms in total. The van der Waals surface area contributed by atoms with E-state index in [4.69, 9.17) is 0 Å².